The highest BCUT2D eigenvalue weighted by atomic mass is 16.5. The zero-order valence-electron chi connectivity index (χ0n) is 11.7. The lowest BCUT2D eigenvalue weighted by Gasteiger charge is -2.35. The molecule has 1 aliphatic rings. The third kappa shape index (κ3) is 3.57. The molecule has 1 atom stereocenters. The molecule has 1 fully saturated rings. The average Bonchev–Trinajstić information content (AvgIpc) is 2.77. The van der Waals surface area contributed by atoms with Crippen molar-refractivity contribution in [1.29, 1.82) is 0 Å². The van der Waals surface area contributed by atoms with E-state index in [-0.39, 0.29) is 0 Å². The molecular weight excluding hydrogens is 226 g/mol. The summed E-state index contributed by atoms with van der Waals surface area (Å²) in [6, 6.07) is 2.78. The van der Waals surface area contributed by atoms with Gasteiger partial charge in [-0.25, -0.2) is 0 Å². The number of aromatic nitrogens is 1. The van der Waals surface area contributed by atoms with Crippen LogP contribution in [0.5, 0.6) is 0 Å². The monoisotopic (exact) mass is 251 g/mol. The van der Waals surface area contributed by atoms with Gasteiger partial charge in [0.1, 0.15) is 0 Å². The van der Waals surface area contributed by atoms with Crippen molar-refractivity contribution in [2.24, 2.45) is 0 Å². The molecule has 0 saturated carbocycles. The van der Waals surface area contributed by atoms with Crippen molar-refractivity contribution in [3.63, 3.8) is 0 Å². The second-order valence-electron chi connectivity index (χ2n) is 5.33. The minimum absolute atomic E-state index is 0.316. The first kappa shape index (κ1) is 13.6. The molecule has 1 saturated heterocycles. The van der Waals surface area contributed by atoms with Crippen LogP contribution in [0.3, 0.4) is 0 Å². The highest BCUT2D eigenvalue weighted by molar-refractivity contribution is 5.09. The lowest BCUT2D eigenvalue weighted by Crippen LogP contribution is -2.47. The van der Waals surface area contributed by atoms with Gasteiger partial charge in [0.15, 0.2) is 0 Å². The van der Waals surface area contributed by atoms with Crippen molar-refractivity contribution in [3.05, 3.63) is 24.0 Å². The van der Waals surface area contributed by atoms with Crippen LogP contribution >= 0.6 is 0 Å². The fraction of sp³-hybridized carbons (Fsp3) is 0.714. The largest absolute Gasteiger partial charge is 0.374 e. The van der Waals surface area contributed by atoms with Gasteiger partial charge < -0.3 is 14.6 Å². The Bertz CT molecular complexity index is 362. The van der Waals surface area contributed by atoms with E-state index in [0.717, 1.165) is 32.8 Å². The van der Waals surface area contributed by atoms with E-state index in [2.05, 4.69) is 47.1 Å². The summed E-state index contributed by atoms with van der Waals surface area (Å²) in [4.78, 5) is 2.49. The quantitative estimate of drug-likeness (QED) is 0.856. The molecular formula is C14H25N3O. The van der Waals surface area contributed by atoms with Crippen LogP contribution in [0, 0.1) is 0 Å². The summed E-state index contributed by atoms with van der Waals surface area (Å²) in [6.45, 7) is 9.34. The molecule has 2 rings (SSSR count). The summed E-state index contributed by atoms with van der Waals surface area (Å²) in [5.74, 6) is 0. The molecule has 4 heteroatoms. The lowest BCUT2D eigenvalue weighted by atomic mass is 10.2. The first-order valence-electron chi connectivity index (χ1n) is 6.84. The minimum Gasteiger partial charge on any atom is -0.374 e. The van der Waals surface area contributed by atoms with Gasteiger partial charge in [-0.2, -0.15) is 0 Å². The molecule has 0 radical (unpaired) electrons. The number of hydrogen-bond donors (Lipinski definition) is 1. The highest BCUT2D eigenvalue weighted by Gasteiger charge is 2.22. The molecule has 4 nitrogen and oxygen atoms in total. The van der Waals surface area contributed by atoms with E-state index in [1.807, 2.05) is 7.05 Å². The maximum atomic E-state index is 5.85. The van der Waals surface area contributed by atoms with Crippen LogP contribution < -0.4 is 5.32 Å². The lowest BCUT2D eigenvalue weighted by molar-refractivity contribution is -0.0455. The van der Waals surface area contributed by atoms with Gasteiger partial charge in [0.2, 0.25) is 0 Å². The summed E-state index contributed by atoms with van der Waals surface area (Å²) in [5.41, 5.74) is 1.33. The van der Waals surface area contributed by atoms with Crippen molar-refractivity contribution in [3.8, 4) is 0 Å². The second kappa shape index (κ2) is 6.36. The van der Waals surface area contributed by atoms with E-state index in [9.17, 15) is 0 Å². The SMILES string of the molecule is CNCc1ccn(CC2CN(C(C)C)CCO2)c1. The molecule has 0 bridgehead atoms. The van der Waals surface area contributed by atoms with Gasteiger partial charge in [-0.15, -0.1) is 0 Å². The summed E-state index contributed by atoms with van der Waals surface area (Å²) in [5, 5.41) is 3.17. The number of hydrogen-bond acceptors (Lipinski definition) is 3. The van der Waals surface area contributed by atoms with Crippen molar-refractivity contribution in [1.82, 2.24) is 14.8 Å². The van der Waals surface area contributed by atoms with Crippen molar-refractivity contribution in [2.45, 2.75) is 39.1 Å². The molecule has 0 aromatic carbocycles. The van der Waals surface area contributed by atoms with Gasteiger partial charge >= 0.3 is 0 Å². The minimum atomic E-state index is 0.316. The maximum absolute atomic E-state index is 5.85. The first-order chi connectivity index (χ1) is 8.69. The predicted octanol–water partition coefficient (Wildman–Crippen LogP) is 1.32. The summed E-state index contributed by atoms with van der Waals surface area (Å²) in [7, 11) is 1.97. The number of nitrogens with one attached hydrogen (secondary N) is 1. The Morgan fingerprint density at radius 2 is 2.33 bits per heavy atom. The average molecular weight is 251 g/mol. The molecule has 2 heterocycles. The molecule has 0 spiro atoms. The zero-order chi connectivity index (χ0) is 13.0. The zero-order valence-corrected chi connectivity index (χ0v) is 11.7. The van der Waals surface area contributed by atoms with Crippen LogP contribution in [-0.2, 0) is 17.8 Å². The van der Waals surface area contributed by atoms with E-state index >= 15 is 0 Å². The summed E-state index contributed by atoms with van der Waals surface area (Å²) in [6.07, 6.45) is 4.66. The second-order valence-corrected chi connectivity index (χ2v) is 5.33. The molecule has 102 valence electrons. The van der Waals surface area contributed by atoms with Gasteiger partial charge in [-0.3, -0.25) is 4.90 Å². The standard InChI is InChI=1S/C14H25N3O/c1-12(2)17-6-7-18-14(11-17)10-16-5-4-13(9-16)8-15-3/h4-5,9,12,14-15H,6-8,10-11H2,1-3H3. The summed E-state index contributed by atoms with van der Waals surface area (Å²) < 4.78 is 8.09. The third-order valence-electron chi connectivity index (χ3n) is 3.51. The van der Waals surface area contributed by atoms with E-state index in [0.29, 0.717) is 12.1 Å². The Morgan fingerprint density at radius 3 is 3.06 bits per heavy atom. The molecule has 0 amide bonds. The van der Waals surface area contributed by atoms with Crippen LogP contribution in [-0.4, -0.2) is 48.4 Å². The number of rotatable bonds is 5. The Labute approximate surface area is 110 Å². The molecule has 1 aromatic rings. The predicted molar refractivity (Wildman–Crippen MR) is 73.6 cm³/mol. The van der Waals surface area contributed by atoms with Crippen molar-refractivity contribution in [2.75, 3.05) is 26.7 Å². The third-order valence-corrected chi connectivity index (χ3v) is 3.51. The normalized spacial score (nSPS) is 21.7. The van der Waals surface area contributed by atoms with Crippen LogP contribution in [0.15, 0.2) is 18.5 Å². The van der Waals surface area contributed by atoms with Gasteiger partial charge in [-0.05, 0) is 32.5 Å². The smallest absolute Gasteiger partial charge is 0.0881 e. The van der Waals surface area contributed by atoms with Crippen molar-refractivity contribution < 1.29 is 4.74 Å². The Kier molecular flexibility index (Phi) is 4.80. The molecule has 1 aliphatic heterocycles. The van der Waals surface area contributed by atoms with E-state index in [4.69, 9.17) is 4.74 Å². The number of ether oxygens (including phenoxy) is 1. The van der Waals surface area contributed by atoms with Crippen LogP contribution in [0.25, 0.3) is 0 Å². The fourth-order valence-electron chi connectivity index (χ4n) is 2.47. The topological polar surface area (TPSA) is 29.4 Å². The van der Waals surface area contributed by atoms with Crippen LogP contribution in [0.1, 0.15) is 19.4 Å². The Morgan fingerprint density at radius 1 is 1.50 bits per heavy atom. The maximum Gasteiger partial charge on any atom is 0.0881 e. The van der Waals surface area contributed by atoms with E-state index < -0.39 is 0 Å². The highest BCUT2D eigenvalue weighted by Crippen LogP contribution is 2.11. The van der Waals surface area contributed by atoms with Gasteiger partial charge in [0.25, 0.3) is 0 Å². The number of morpholine rings is 1. The fourth-order valence-corrected chi connectivity index (χ4v) is 2.47. The molecule has 1 aromatic heterocycles. The first-order valence-corrected chi connectivity index (χ1v) is 6.84. The van der Waals surface area contributed by atoms with Gasteiger partial charge in [-0.1, -0.05) is 0 Å². The van der Waals surface area contributed by atoms with Crippen LogP contribution in [0.4, 0.5) is 0 Å². The van der Waals surface area contributed by atoms with E-state index in [1.54, 1.807) is 0 Å². The Hall–Kier alpha value is -0.840. The van der Waals surface area contributed by atoms with Crippen molar-refractivity contribution >= 4 is 0 Å². The summed E-state index contributed by atoms with van der Waals surface area (Å²) >= 11 is 0. The Balaban J connectivity index is 1.87. The molecule has 1 N–H and O–H groups in total. The van der Waals surface area contributed by atoms with Crippen LogP contribution in [0.2, 0.25) is 0 Å². The van der Waals surface area contributed by atoms with Gasteiger partial charge in [0.05, 0.1) is 12.7 Å². The molecule has 1 unspecified atom stereocenters. The molecule has 0 aliphatic carbocycles. The van der Waals surface area contributed by atoms with E-state index in [1.165, 1.54) is 5.56 Å². The molecule has 18 heavy (non-hydrogen) atoms. The number of nitrogens with zero attached hydrogens (tertiary/aromatic N) is 2. The van der Waals surface area contributed by atoms with Gasteiger partial charge in [0, 0.05) is 44.6 Å².